The van der Waals surface area contributed by atoms with E-state index in [1.807, 2.05) is 45.2 Å². The molecule has 3 aromatic heterocycles. The molecule has 0 saturated heterocycles. The molecule has 1 unspecified atom stereocenters. The molecule has 156 valence electrons. The molecular formula is C21H34FN5S. The van der Waals surface area contributed by atoms with Gasteiger partial charge in [0, 0.05) is 17.2 Å². The van der Waals surface area contributed by atoms with Crippen LogP contribution in [-0.4, -0.2) is 21.5 Å². The number of nitrogens with two attached hydrogens (primary N) is 1. The first kappa shape index (κ1) is 24.0. The van der Waals surface area contributed by atoms with Gasteiger partial charge in [-0.25, -0.2) is 14.4 Å². The molecule has 28 heavy (non-hydrogen) atoms. The standard InChI is InChI=1S/C17H22FN5S.2C2H6/c1-3-10(2)15-22-16(20-9-11-5-4-8-24-11)13-14(18)12(6-7-19)21-17(13)23-15;2*1-2/h4-5,8,10H,3,6-7,9,19H2,1-2H3,(H2,20,21,22,23);2*1-2H3. The number of halogens is 1. The SMILES string of the molecule is CC.CC.CCC(C)c1nc(NCc2cccs2)c2c(F)c(CCN)[nH]c2n1. The molecule has 0 fully saturated rings. The number of anilines is 1. The third-order valence-electron chi connectivity index (χ3n) is 4.14. The zero-order chi connectivity index (χ0) is 21.1. The van der Waals surface area contributed by atoms with Crippen LogP contribution < -0.4 is 11.1 Å². The minimum Gasteiger partial charge on any atom is -0.364 e. The summed E-state index contributed by atoms with van der Waals surface area (Å²) < 4.78 is 14.8. The van der Waals surface area contributed by atoms with Crippen molar-refractivity contribution in [3.63, 3.8) is 0 Å². The van der Waals surface area contributed by atoms with Gasteiger partial charge in [-0.15, -0.1) is 11.3 Å². The van der Waals surface area contributed by atoms with Gasteiger partial charge in [-0.1, -0.05) is 47.6 Å². The fourth-order valence-electron chi connectivity index (χ4n) is 2.56. The number of nitrogens with one attached hydrogen (secondary N) is 2. The fourth-order valence-corrected chi connectivity index (χ4v) is 3.20. The van der Waals surface area contributed by atoms with E-state index in [-0.39, 0.29) is 11.7 Å². The van der Waals surface area contributed by atoms with Crippen molar-refractivity contribution in [2.45, 2.75) is 66.8 Å². The molecule has 0 spiro atoms. The van der Waals surface area contributed by atoms with Gasteiger partial charge in [0.15, 0.2) is 5.82 Å². The first-order valence-corrected chi connectivity index (χ1v) is 11.1. The molecule has 0 radical (unpaired) electrons. The fraction of sp³-hybridized carbons (Fsp3) is 0.524. The van der Waals surface area contributed by atoms with Gasteiger partial charge in [-0.05, 0) is 24.4 Å². The lowest BCUT2D eigenvalue weighted by Gasteiger charge is -2.11. The maximum Gasteiger partial charge on any atom is 0.157 e. The monoisotopic (exact) mass is 407 g/mol. The Morgan fingerprint density at radius 3 is 2.54 bits per heavy atom. The highest BCUT2D eigenvalue weighted by molar-refractivity contribution is 7.09. The number of hydrogen-bond acceptors (Lipinski definition) is 5. The van der Waals surface area contributed by atoms with Gasteiger partial charge < -0.3 is 16.0 Å². The Hall–Kier alpha value is -1.99. The third-order valence-corrected chi connectivity index (χ3v) is 5.01. The van der Waals surface area contributed by atoms with Crippen LogP contribution >= 0.6 is 11.3 Å². The number of aromatic nitrogens is 3. The van der Waals surface area contributed by atoms with E-state index in [1.54, 1.807) is 11.3 Å². The van der Waals surface area contributed by atoms with E-state index in [0.717, 1.165) is 12.2 Å². The van der Waals surface area contributed by atoms with Crippen molar-refractivity contribution in [1.29, 1.82) is 0 Å². The Morgan fingerprint density at radius 2 is 1.96 bits per heavy atom. The van der Waals surface area contributed by atoms with Crippen LogP contribution in [0, 0.1) is 5.82 Å². The molecule has 3 heterocycles. The maximum absolute atomic E-state index is 14.8. The number of aromatic amines is 1. The van der Waals surface area contributed by atoms with Crippen LogP contribution in [0.25, 0.3) is 11.0 Å². The van der Waals surface area contributed by atoms with Crippen LogP contribution in [0.5, 0.6) is 0 Å². The van der Waals surface area contributed by atoms with Gasteiger partial charge in [0.05, 0.1) is 17.6 Å². The molecule has 0 saturated carbocycles. The molecule has 0 bridgehead atoms. The smallest absolute Gasteiger partial charge is 0.157 e. The quantitative estimate of drug-likeness (QED) is 0.460. The molecule has 0 amide bonds. The first-order chi connectivity index (χ1) is 13.6. The van der Waals surface area contributed by atoms with Gasteiger partial charge in [0.25, 0.3) is 0 Å². The largest absolute Gasteiger partial charge is 0.364 e. The average molecular weight is 408 g/mol. The second-order valence-electron chi connectivity index (χ2n) is 5.85. The minimum atomic E-state index is -0.306. The molecular weight excluding hydrogens is 373 g/mol. The molecule has 0 aliphatic heterocycles. The van der Waals surface area contributed by atoms with Crippen molar-refractivity contribution in [1.82, 2.24) is 15.0 Å². The van der Waals surface area contributed by atoms with Gasteiger partial charge >= 0.3 is 0 Å². The van der Waals surface area contributed by atoms with E-state index in [9.17, 15) is 4.39 Å². The van der Waals surface area contributed by atoms with E-state index in [1.165, 1.54) is 4.88 Å². The Balaban J connectivity index is 0.000000921. The predicted molar refractivity (Wildman–Crippen MR) is 120 cm³/mol. The summed E-state index contributed by atoms with van der Waals surface area (Å²) in [5.41, 5.74) is 6.60. The van der Waals surface area contributed by atoms with Crippen molar-refractivity contribution in [3.8, 4) is 0 Å². The summed E-state index contributed by atoms with van der Waals surface area (Å²) in [5.74, 6) is 1.17. The summed E-state index contributed by atoms with van der Waals surface area (Å²) in [4.78, 5) is 13.4. The lowest BCUT2D eigenvalue weighted by atomic mass is 10.1. The van der Waals surface area contributed by atoms with Crippen LogP contribution in [0.2, 0.25) is 0 Å². The lowest BCUT2D eigenvalue weighted by Crippen LogP contribution is -2.07. The van der Waals surface area contributed by atoms with Gasteiger partial charge in [-0.2, -0.15) is 0 Å². The molecule has 0 aliphatic rings. The molecule has 0 aliphatic carbocycles. The van der Waals surface area contributed by atoms with Gasteiger partial charge in [0.2, 0.25) is 0 Å². The second-order valence-corrected chi connectivity index (χ2v) is 6.88. The van der Waals surface area contributed by atoms with E-state index in [4.69, 9.17) is 5.73 Å². The van der Waals surface area contributed by atoms with E-state index < -0.39 is 0 Å². The van der Waals surface area contributed by atoms with E-state index in [0.29, 0.717) is 42.1 Å². The zero-order valence-electron chi connectivity index (χ0n) is 17.9. The number of thiophene rings is 1. The summed E-state index contributed by atoms with van der Waals surface area (Å²) in [7, 11) is 0. The lowest BCUT2D eigenvalue weighted by molar-refractivity contribution is 0.618. The molecule has 1 atom stereocenters. The van der Waals surface area contributed by atoms with Crippen LogP contribution in [0.3, 0.4) is 0 Å². The Bertz CT molecular complexity index is 814. The summed E-state index contributed by atoms with van der Waals surface area (Å²) in [5, 5.41) is 5.71. The normalized spacial score (nSPS) is 11.3. The number of H-pyrrole nitrogens is 1. The predicted octanol–water partition coefficient (Wildman–Crippen LogP) is 5.84. The summed E-state index contributed by atoms with van der Waals surface area (Å²) in [6.45, 7) is 13.2. The number of hydrogen-bond donors (Lipinski definition) is 3. The van der Waals surface area contributed by atoms with E-state index in [2.05, 4.69) is 34.1 Å². The Morgan fingerprint density at radius 1 is 1.25 bits per heavy atom. The van der Waals surface area contributed by atoms with Crippen molar-refractivity contribution >= 4 is 28.2 Å². The molecule has 5 nitrogen and oxygen atoms in total. The highest BCUT2D eigenvalue weighted by Crippen LogP contribution is 2.29. The number of rotatable bonds is 7. The van der Waals surface area contributed by atoms with Crippen LogP contribution in [-0.2, 0) is 13.0 Å². The van der Waals surface area contributed by atoms with E-state index >= 15 is 0 Å². The topological polar surface area (TPSA) is 79.6 Å². The highest BCUT2D eigenvalue weighted by Gasteiger charge is 2.20. The summed E-state index contributed by atoms with van der Waals surface area (Å²) in [6, 6.07) is 4.04. The summed E-state index contributed by atoms with van der Waals surface area (Å²) >= 11 is 1.66. The average Bonchev–Trinajstić information content (AvgIpc) is 3.37. The third kappa shape index (κ3) is 5.75. The molecule has 4 N–H and O–H groups in total. The van der Waals surface area contributed by atoms with Crippen molar-refractivity contribution in [2.24, 2.45) is 5.73 Å². The summed E-state index contributed by atoms with van der Waals surface area (Å²) in [6.07, 6.45) is 1.37. The Kier molecular flexibility index (Phi) is 10.7. The van der Waals surface area contributed by atoms with Crippen LogP contribution in [0.1, 0.15) is 70.3 Å². The Labute approximate surface area is 172 Å². The number of nitrogens with zero attached hydrogens (tertiary/aromatic N) is 2. The van der Waals surface area contributed by atoms with Gasteiger partial charge in [0.1, 0.15) is 17.3 Å². The first-order valence-electron chi connectivity index (χ1n) is 10.2. The minimum absolute atomic E-state index is 0.209. The van der Waals surface area contributed by atoms with Gasteiger partial charge in [-0.3, -0.25) is 0 Å². The van der Waals surface area contributed by atoms with Crippen molar-refractivity contribution < 1.29 is 4.39 Å². The molecule has 3 rings (SSSR count). The second kappa shape index (κ2) is 12.5. The number of fused-ring (bicyclic) bond motifs is 1. The molecule has 0 aromatic carbocycles. The molecule has 7 heteroatoms. The zero-order valence-corrected chi connectivity index (χ0v) is 18.7. The molecule has 3 aromatic rings. The van der Waals surface area contributed by atoms with Crippen LogP contribution in [0.4, 0.5) is 10.2 Å². The van der Waals surface area contributed by atoms with Crippen LogP contribution in [0.15, 0.2) is 17.5 Å². The van der Waals surface area contributed by atoms with Crippen molar-refractivity contribution in [2.75, 3.05) is 11.9 Å². The highest BCUT2D eigenvalue weighted by atomic mass is 32.1. The maximum atomic E-state index is 14.8. The van der Waals surface area contributed by atoms with Crippen molar-refractivity contribution in [3.05, 3.63) is 39.7 Å².